The van der Waals surface area contributed by atoms with Crippen LogP contribution in [-0.2, 0) is 9.05 Å². The summed E-state index contributed by atoms with van der Waals surface area (Å²) in [5.74, 6) is -0.212. The summed E-state index contributed by atoms with van der Waals surface area (Å²) < 4.78 is 27.0. The van der Waals surface area contributed by atoms with Crippen LogP contribution in [0, 0.1) is 21.4 Å². The van der Waals surface area contributed by atoms with Gasteiger partial charge >= 0.3 is 5.69 Å². The molecule has 0 amide bonds. The number of benzene rings is 1. The van der Waals surface area contributed by atoms with Gasteiger partial charge in [0.25, 0.3) is 9.05 Å². The highest BCUT2D eigenvalue weighted by atomic mass is 35.7. The fraction of sp³-hybridized carbons (Fsp3) is 0.125. The summed E-state index contributed by atoms with van der Waals surface area (Å²) in [5, 5.41) is 19.4. The number of rotatable bonds is 3. The minimum atomic E-state index is -4.24. The monoisotopic (exact) mass is 276 g/mol. The van der Waals surface area contributed by atoms with Crippen molar-refractivity contribution in [3.8, 4) is 11.8 Å². The number of methoxy groups -OCH3 is 1. The summed E-state index contributed by atoms with van der Waals surface area (Å²) in [6, 6.07) is 3.22. The predicted molar refractivity (Wildman–Crippen MR) is 57.4 cm³/mol. The number of ether oxygens (including phenoxy) is 1. The Labute approximate surface area is 101 Å². The third kappa shape index (κ3) is 2.64. The Morgan fingerprint density at radius 3 is 2.47 bits per heavy atom. The smallest absolute Gasteiger partial charge is 0.312 e. The van der Waals surface area contributed by atoms with Gasteiger partial charge in [-0.25, -0.2) is 8.42 Å². The molecule has 0 atom stereocenters. The van der Waals surface area contributed by atoms with Gasteiger partial charge in [-0.05, 0) is 0 Å². The van der Waals surface area contributed by atoms with Crippen LogP contribution < -0.4 is 4.74 Å². The zero-order chi connectivity index (χ0) is 13.2. The lowest BCUT2D eigenvalue weighted by Crippen LogP contribution is -2.00. The minimum absolute atomic E-state index is 0.212. The molecular formula is C8H5ClN2O5S. The van der Waals surface area contributed by atoms with Gasteiger partial charge < -0.3 is 4.74 Å². The van der Waals surface area contributed by atoms with Crippen molar-refractivity contribution in [2.45, 2.75) is 4.90 Å². The van der Waals surface area contributed by atoms with E-state index in [0.717, 1.165) is 6.07 Å². The van der Waals surface area contributed by atoms with Gasteiger partial charge in [-0.15, -0.1) is 0 Å². The Morgan fingerprint density at radius 2 is 2.12 bits per heavy atom. The third-order valence-corrected chi connectivity index (χ3v) is 3.22. The van der Waals surface area contributed by atoms with Gasteiger partial charge in [0.1, 0.15) is 11.0 Å². The first-order valence-electron chi connectivity index (χ1n) is 4.02. The van der Waals surface area contributed by atoms with Crippen LogP contribution in [0.4, 0.5) is 5.69 Å². The van der Waals surface area contributed by atoms with Crippen molar-refractivity contribution in [1.29, 1.82) is 5.26 Å². The number of nitriles is 1. The molecule has 0 saturated carbocycles. The van der Waals surface area contributed by atoms with Crippen LogP contribution in [0.5, 0.6) is 5.75 Å². The maximum Gasteiger partial charge on any atom is 0.312 e. The van der Waals surface area contributed by atoms with Crippen LogP contribution in [0.1, 0.15) is 5.56 Å². The molecule has 0 bridgehead atoms. The Balaban J connectivity index is 3.70. The van der Waals surface area contributed by atoms with Gasteiger partial charge in [0.2, 0.25) is 0 Å². The van der Waals surface area contributed by atoms with Crippen LogP contribution in [0.2, 0.25) is 0 Å². The highest BCUT2D eigenvalue weighted by molar-refractivity contribution is 8.13. The third-order valence-electron chi connectivity index (χ3n) is 1.86. The van der Waals surface area contributed by atoms with Gasteiger partial charge in [-0.1, -0.05) is 0 Å². The lowest BCUT2D eigenvalue weighted by Gasteiger charge is -2.04. The Hall–Kier alpha value is -1.85. The van der Waals surface area contributed by atoms with Crippen molar-refractivity contribution in [3.05, 3.63) is 27.8 Å². The Kier molecular flexibility index (Phi) is 3.55. The fourth-order valence-electron chi connectivity index (χ4n) is 1.14. The lowest BCUT2D eigenvalue weighted by molar-refractivity contribution is -0.386. The minimum Gasteiger partial charge on any atom is -0.490 e. The number of hydrogen-bond acceptors (Lipinski definition) is 6. The summed E-state index contributed by atoms with van der Waals surface area (Å²) in [7, 11) is 2.00. The molecule has 0 heterocycles. The molecule has 1 aromatic rings. The fourth-order valence-corrected chi connectivity index (χ4v) is 2.15. The number of nitrogens with zero attached hydrogens (tertiary/aromatic N) is 2. The van der Waals surface area contributed by atoms with Crippen molar-refractivity contribution >= 4 is 25.4 Å². The van der Waals surface area contributed by atoms with Gasteiger partial charge in [0, 0.05) is 22.8 Å². The quantitative estimate of drug-likeness (QED) is 0.469. The summed E-state index contributed by atoms with van der Waals surface area (Å²) in [5.41, 5.74) is -0.895. The van der Waals surface area contributed by atoms with Gasteiger partial charge in [-0.3, -0.25) is 10.1 Å². The highest BCUT2D eigenvalue weighted by Crippen LogP contribution is 2.33. The highest BCUT2D eigenvalue weighted by Gasteiger charge is 2.24. The molecule has 9 heteroatoms. The van der Waals surface area contributed by atoms with E-state index in [2.05, 4.69) is 4.74 Å². The summed E-state index contributed by atoms with van der Waals surface area (Å²) in [4.78, 5) is 9.22. The average molecular weight is 277 g/mol. The number of nitro groups is 1. The van der Waals surface area contributed by atoms with E-state index in [1.807, 2.05) is 0 Å². The molecule has 0 aromatic heterocycles. The molecule has 0 aliphatic heterocycles. The molecule has 0 aliphatic rings. The number of nitro benzene ring substituents is 1. The van der Waals surface area contributed by atoms with Gasteiger partial charge in [0.05, 0.1) is 17.6 Å². The first-order valence-corrected chi connectivity index (χ1v) is 6.33. The zero-order valence-electron chi connectivity index (χ0n) is 8.38. The van der Waals surface area contributed by atoms with E-state index < -0.39 is 24.6 Å². The second-order valence-corrected chi connectivity index (χ2v) is 5.36. The van der Waals surface area contributed by atoms with Crippen molar-refractivity contribution in [2.24, 2.45) is 0 Å². The zero-order valence-corrected chi connectivity index (χ0v) is 9.95. The first kappa shape index (κ1) is 13.2. The second-order valence-electron chi connectivity index (χ2n) is 2.83. The van der Waals surface area contributed by atoms with E-state index in [0.29, 0.717) is 6.07 Å². The molecule has 0 fully saturated rings. The Bertz CT molecular complexity index is 620. The molecule has 0 spiro atoms. The molecule has 0 aliphatic carbocycles. The number of halogens is 1. The molecule has 90 valence electrons. The SMILES string of the molecule is COc1cc(C#N)c(S(=O)(=O)Cl)cc1[N+](=O)[O-]. The second kappa shape index (κ2) is 4.57. The van der Waals surface area contributed by atoms with E-state index in [-0.39, 0.29) is 11.3 Å². The molecule has 1 rings (SSSR count). The van der Waals surface area contributed by atoms with E-state index in [1.165, 1.54) is 7.11 Å². The standard InChI is InChI=1S/C8H5ClN2O5S/c1-16-7-2-5(4-10)8(17(9,14)15)3-6(7)11(12)13/h2-3H,1H3. The molecular weight excluding hydrogens is 272 g/mol. The van der Waals surface area contributed by atoms with Crippen molar-refractivity contribution in [2.75, 3.05) is 7.11 Å². The van der Waals surface area contributed by atoms with E-state index >= 15 is 0 Å². The van der Waals surface area contributed by atoms with Crippen LogP contribution in [0.3, 0.4) is 0 Å². The van der Waals surface area contributed by atoms with Gasteiger partial charge in [-0.2, -0.15) is 5.26 Å². The number of hydrogen-bond donors (Lipinski definition) is 0. The van der Waals surface area contributed by atoms with Crippen LogP contribution >= 0.6 is 10.7 Å². The van der Waals surface area contributed by atoms with E-state index in [4.69, 9.17) is 15.9 Å². The first-order chi connectivity index (χ1) is 7.81. The molecule has 0 N–H and O–H groups in total. The molecule has 0 radical (unpaired) electrons. The molecule has 1 aromatic carbocycles. The van der Waals surface area contributed by atoms with Crippen molar-refractivity contribution < 1.29 is 18.1 Å². The van der Waals surface area contributed by atoms with Crippen molar-refractivity contribution in [1.82, 2.24) is 0 Å². The molecule has 7 nitrogen and oxygen atoms in total. The average Bonchev–Trinajstić information content (AvgIpc) is 2.25. The molecule has 0 unspecified atom stereocenters. The van der Waals surface area contributed by atoms with E-state index in [9.17, 15) is 18.5 Å². The summed E-state index contributed by atoms with van der Waals surface area (Å²) in [6.07, 6.45) is 0. The summed E-state index contributed by atoms with van der Waals surface area (Å²) in [6.45, 7) is 0. The van der Waals surface area contributed by atoms with Crippen LogP contribution in [0.25, 0.3) is 0 Å². The predicted octanol–water partition coefficient (Wildman–Crippen LogP) is 1.40. The largest absolute Gasteiger partial charge is 0.490 e. The van der Waals surface area contributed by atoms with Gasteiger partial charge in [0.15, 0.2) is 5.75 Å². The van der Waals surface area contributed by atoms with Crippen LogP contribution in [-0.4, -0.2) is 20.5 Å². The maximum atomic E-state index is 11.1. The molecule has 17 heavy (non-hydrogen) atoms. The molecule has 0 saturated heterocycles. The Morgan fingerprint density at radius 1 is 1.53 bits per heavy atom. The topological polar surface area (TPSA) is 110 Å². The lowest BCUT2D eigenvalue weighted by atomic mass is 10.2. The normalized spacial score (nSPS) is 10.6. The van der Waals surface area contributed by atoms with Crippen molar-refractivity contribution in [3.63, 3.8) is 0 Å². The van der Waals surface area contributed by atoms with E-state index in [1.54, 1.807) is 6.07 Å². The summed E-state index contributed by atoms with van der Waals surface area (Å²) >= 11 is 0. The van der Waals surface area contributed by atoms with Crippen LogP contribution in [0.15, 0.2) is 17.0 Å². The maximum absolute atomic E-state index is 11.1.